The highest BCUT2D eigenvalue weighted by molar-refractivity contribution is 5.78. The fourth-order valence-corrected chi connectivity index (χ4v) is 4.08. The molecule has 0 saturated carbocycles. The van der Waals surface area contributed by atoms with Crippen LogP contribution < -0.4 is 9.47 Å². The molecule has 1 saturated heterocycles. The van der Waals surface area contributed by atoms with E-state index in [1.54, 1.807) is 7.11 Å². The number of hydrogen-bond acceptors (Lipinski definition) is 6. The number of benzene rings is 1. The lowest BCUT2D eigenvalue weighted by atomic mass is 10.1. The van der Waals surface area contributed by atoms with Crippen LogP contribution in [0.25, 0.3) is 0 Å². The maximum Gasteiger partial charge on any atom is 0.261 e. The van der Waals surface area contributed by atoms with Gasteiger partial charge in [-0.1, -0.05) is 6.07 Å². The summed E-state index contributed by atoms with van der Waals surface area (Å²) in [6.45, 7) is 4.56. The minimum absolute atomic E-state index is 0.0222. The minimum Gasteiger partial charge on any atom is -0.493 e. The highest BCUT2D eigenvalue weighted by Crippen LogP contribution is 2.32. The Morgan fingerprint density at radius 3 is 2.97 bits per heavy atom. The van der Waals surface area contributed by atoms with Gasteiger partial charge in [0.15, 0.2) is 23.9 Å². The van der Waals surface area contributed by atoms with E-state index in [0.29, 0.717) is 18.0 Å². The lowest BCUT2D eigenvalue weighted by Gasteiger charge is -2.27. The van der Waals surface area contributed by atoms with Gasteiger partial charge in [-0.2, -0.15) is 0 Å². The van der Waals surface area contributed by atoms with E-state index in [0.717, 1.165) is 49.4 Å². The van der Waals surface area contributed by atoms with Crippen LogP contribution in [-0.4, -0.2) is 59.5 Å². The number of carbonyl (C=O) groups is 1. The molecule has 1 aromatic carbocycles. The van der Waals surface area contributed by atoms with Gasteiger partial charge >= 0.3 is 0 Å². The second kappa shape index (κ2) is 8.37. The van der Waals surface area contributed by atoms with Crippen molar-refractivity contribution in [2.24, 2.45) is 0 Å². The van der Waals surface area contributed by atoms with Crippen molar-refractivity contribution in [1.29, 1.82) is 0 Å². The second-order valence-electron chi connectivity index (χ2n) is 7.88. The lowest BCUT2D eigenvalue weighted by molar-refractivity contribution is -0.134. The first-order valence-electron chi connectivity index (χ1n) is 10.2. The second-order valence-corrected chi connectivity index (χ2v) is 7.88. The molecular weight excluding hydrogens is 368 g/mol. The summed E-state index contributed by atoms with van der Waals surface area (Å²) in [7, 11) is 3.71. The molecule has 4 rings (SSSR count). The fourth-order valence-electron chi connectivity index (χ4n) is 4.08. The van der Waals surface area contributed by atoms with Crippen LogP contribution in [0.2, 0.25) is 0 Å². The maximum atomic E-state index is 12.9. The molecule has 2 aliphatic rings. The first-order valence-corrected chi connectivity index (χ1v) is 10.2. The van der Waals surface area contributed by atoms with Crippen molar-refractivity contribution >= 4 is 5.91 Å². The molecule has 0 bridgehead atoms. The van der Waals surface area contributed by atoms with E-state index in [4.69, 9.17) is 14.5 Å². The largest absolute Gasteiger partial charge is 0.493 e. The number of likely N-dealkylation sites (N-methyl/N-ethyl adjacent to an activating group) is 1. The molecule has 0 spiro atoms. The molecule has 2 aliphatic heterocycles. The molecular formula is C22H28N4O3. The smallest absolute Gasteiger partial charge is 0.261 e. The van der Waals surface area contributed by atoms with E-state index in [2.05, 4.69) is 16.9 Å². The van der Waals surface area contributed by atoms with Gasteiger partial charge in [0, 0.05) is 43.5 Å². The Balaban J connectivity index is 1.45. The van der Waals surface area contributed by atoms with Crippen LogP contribution >= 0.6 is 0 Å². The predicted molar refractivity (Wildman–Crippen MR) is 109 cm³/mol. The number of ether oxygens (including phenoxy) is 2. The van der Waals surface area contributed by atoms with Crippen molar-refractivity contribution in [3.05, 3.63) is 47.0 Å². The van der Waals surface area contributed by atoms with Crippen molar-refractivity contribution in [1.82, 2.24) is 19.8 Å². The quantitative estimate of drug-likeness (QED) is 0.774. The molecule has 3 heterocycles. The van der Waals surface area contributed by atoms with Gasteiger partial charge in [-0.25, -0.2) is 9.97 Å². The molecule has 154 valence electrons. The summed E-state index contributed by atoms with van der Waals surface area (Å²) >= 11 is 0. The monoisotopic (exact) mass is 396 g/mol. The molecule has 1 aromatic heterocycles. The first-order chi connectivity index (χ1) is 14.0. The van der Waals surface area contributed by atoms with Gasteiger partial charge in [-0.15, -0.1) is 0 Å². The number of carbonyl (C=O) groups excluding carboxylic acids is 1. The summed E-state index contributed by atoms with van der Waals surface area (Å²) in [5, 5.41) is 0. The number of rotatable bonds is 5. The topological polar surface area (TPSA) is 67.8 Å². The zero-order chi connectivity index (χ0) is 20.4. The van der Waals surface area contributed by atoms with Crippen LogP contribution in [0.5, 0.6) is 11.5 Å². The normalized spacial score (nSPS) is 19.1. The Hall–Kier alpha value is -2.67. The van der Waals surface area contributed by atoms with Gasteiger partial charge < -0.3 is 19.3 Å². The van der Waals surface area contributed by atoms with Gasteiger partial charge in [-0.3, -0.25) is 4.79 Å². The van der Waals surface area contributed by atoms with Crippen LogP contribution in [0.4, 0.5) is 0 Å². The number of aromatic nitrogens is 2. The zero-order valence-electron chi connectivity index (χ0n) is 17.4. The molecule has 0 aliphatic carbocycles. The predicted octanol–water partition coefficient (Wildman–Crippen LogP) is 2.52. The van der Waals surface area contributed by atoms with Crippen LogP contribution in [0, 0.1) is 6.92 Å². The molecule has 0 N–H and O–H groups in total. The molecule has 0 unspecified atom stereocenters. The standard InChI is InChI=1S/C22H28N4O3/c1-15-6-7-19(20(11-15)28-3)29-14-21(27)26-9-4-5-18(26)22-23-12-16-13-25(2)10-8-17(16)24-22/h6-7,11-12,18H,4-5,8-10,13-14H2,1-3H3/t18-/m0/s1. The third-order valence-corrected chi connectivity index (χ3v) is 5.68. The number of methoxy groups -OCH3 is 1. The summed E-state index contributed by atoms with van der Waals surface area (Å²) in [5.74, 6) is 1.93. The van der Waals surface area contributed by atoms with E-state index in [9.17, 15) is 4.79 Å². The summed E-state index contributed by atoms with van der Waals surface area (Å²) in [4.78, 5) is 26.5. The Labute approximate surface area is 171 Å². The molecule has 7 nitrogen and oxygen atoms in total. The number of likely N-dealkylation sites (tertiary alicyclic amines) is 1. The molecule has 0 radical (unpaired) electrons. The number of fused-ring (bicyclic) bond motifs is 1. The molecule has 1 fully saturated rings. The molecule has 7 heteroatoms. The van der Waals surface area contributed by atoms with Crippen LogP contribution in [0.15, 0.2) is 24.4 Å². The number of hydrogen-bond donors (Lipinski definition) is 0. The van der Waals surface area contributed by atoms with Gasteiger partial charge in [-0.05, 0) is 44.5 Å². The fraction of sp³-hybridized carbons (Fsp3) is 0.500. The van der Waals surface area contributed by atoms with Crippen molar-refractivity contribution in [2.75, 3.05) is 33.9 Å². The first kappa shape index (κ1) is 19.6. The average molecular weight is 396 g/mol. The third kappa shape index (κ3) is 4.19. The lowest BCUT2D eigenvalue weighted by Crippen LogP contribution is -2.35. The van der Waals surface area contributed by atoms with Crippen molar-refractivity contribution in [3.63, 3.8) is 0 Å². The minimum atomic E-state index is -0.0732. The molecule has 1 amide bonds. The van der Waals surface area contributed by atoms with Crippen LogP contribution in [0.3, 0.4) is 0 Å². The Bertz CT molecular complexity index is 902. The van der Waals surface area contributed by atoms with E-state index >= 15 is 0 Å². The Morgan fingerprint density at radius 1 is 1.28 bits per heavy atom. The van der Waals surface area contributed by atoms with Crippen molar-refractivity contribution in [2.45, 2.75) is 38.8 Å². The molecule has 1 atom stereocenters. The highest BCUT2D eigenvalue weighted by atomic mass is 16.5. The van der Waals surface area contributed by atoms with Crippen molar-refractivity contribution in [3.8, 4) is 11.5 Å². The molecule has 29 heavy (non-hydrogen) atoms. The molecule has 2 aromatic rings. The number of amides is 1. The summed E-state index contributed by atoms with van der Waals surface area (Å²) < 4.78 is 11.1. The third-order valence-electron chi connectivity index (χ3n) is 5.68. The Kier molecular flexibility index (Phi) is 5.67. The highest BCUT2D eigenvalue weighted by Gasteiger charge is 2.33. The maximum absolute atomic E-state index is 12.9. The van der Waals surface area contributed by atoms with E-state index in [-0.39, 0.29) is 18.6 Å². The number of aryl methyl sites for hydroxylation is 1. The van der Waals surface area contributed by atoms with E-state index < -0.39 is 0 Å². The van der Waals surface area contributed by atoms with E-state index in [1.807, 2.05) is 36.2 Å². The van der Waals surface area contributed by atoms with Gasteiger partial charge in [0.2, 0.25) is 0 Å². The summed E-state index contributed by atoms with van der Waals surface area (Å²) in [5.41, 5.74) is 3.39. The Morgan fingerprint density at radius 2 is 2.14 bits per heavy atom. The van der Waals surface area contributed by atoms with Crippen LogP contribution in [0.1, 0.15) is 41.5 Å². The van der Waals surface area contributed by atoms with Gasteiger partial charge in [0.25, 0.3) is 5.91 Å². The summed E-state index contributed by atoms with van der Waals surface area (Å²) in [6.07, 6.45) is 4.70. The van der Waals surface area contributed by atoms with Gasteiger partial charge in [0.1, 0.15) is 0 Å². The van der Waals surface area contributed by atoms with E-state index in [1.165, 1.54) is 5.56 Å². The average Bonchev–Trinajstić information content (AvgIpc) is 3.22. The zero-order valence-corrected chi connectivity index (χ0v) is 17.4. The SMILES string of the molecule is COc1cc(C)ccc1OCC(=O)N1CCC[C@H]1c1ncc2c(n1)CCN(C)C2. The van der Waals surface area contributed by atoms with Gasteiger partial charge in [0.05, 0.1) is 13.2 Å². The van der Waals surface area contributed by atoms with Crippen molar-refractivity contribution < 1.29 is 14.3 Å². The van der Waals surface area contributed by atoms with Crippen LogP contribution in [-0.2, 0) is 17.8 Å². The number of nitrogens with zero attached hydrogens (tertiary/aromatic N) is 4. The summed E-state index contributed by atoms with van der Waals surface area (Å²) in [6, 6.07) is 5.61.